The minimum absolute atomic E-state index is 0.219. The molecule has 1 aromatic carbocycles. The predicted octanol–water partition coefficient (Wildman–Crippen LogP) is 2.80. The van der Waals surface area contributed by atoms with Crippen LogP contribution in [0.4, 0.5) is 8.78 Å². The summed E-state index contributed by atoms with van der Waals surface area (Å²) < 4.78 is 26.1. The molecule has 76 valence electrons. The van der Waals surface area contributed by atoms with E-state index in [9.17, 15) is 8.78 Å². The molecule has 1 atom stereocenters. The van der Waals surface area contributed by atoms with Gasteiger partial charge >= 0.3 is 0 Å². The van der Waals surface area contributed by atoms with Gasteiger partial charge in [0.25, 0.3) is 0 Å². The second-order valence-corrected chi connectivity index (χ2v) is 3.06. The molecule has 0 saturated heterocycles. The molecule has 1 rings (SSSR count). The first-order valence-electron chi connectivity index (χ1n) is 4.45. The van der Waals surface area contributed by atoms with E-state index < -0.39 is 11.6 Å². The lowest BCUT2D eigenvalue weighted by Gasteiger charge is -2.13. The van der Waals surface area contributed by atoms with E-state index in [1.807, 2.05) is 0 Å². The highest BCUT2D eigenvalue weighted by molar-refractivity contribution is 5.22. The van der Waals surface area contributed by atoms with Crippen molar-refractivity contribution >= 4 is 0 Å². The lowest BCUT2D eigenvalue weighted by atomic mass is 10.1. The molecule has 0 aliphatic carbocycles. The van der Waals surface area contributed by atoms with Crippen LogP contribution in [0.2, 0.25) is 0 Å². The maximum Gasteiger partial charge on any atom is 0.163 e. The second kappa shape index (κ2) is 4.86. The van der Waals surface area contributed by atoms with Crippen molar-refractivity contribution in [2.75, 3.05) is 6.54 Å². The van der Waals surface area contributed by atoms with Crippen molar-refractivity contribution in [1.29, 1.82) is 0 Å². The normalized spacial score (nSPS) is 12.5. The van der Waals surface area contributed by atoms with Crippen LogP contribution >= 0.6 is 0 Å². The highest BCUT2D eigenvalue weighted by atomic mass is 19.2. The lowest BCUT2D eigenvalue weighted by molar-refractivity contribution is 0.479. The first-order valence-corrected chi connectivity index (χ1v) is 4.45. The van der Waals surface area contributed by atoms with E-state index >= 15 is 0 Å². The topological polar surface area (TPSA) is 12.0 Å². The maximum absolute atomic E-state index is 13.2. The van der Waals surface area contributed by atoms with Gasteiger partial charge in [-0.25, -0.2) is 8.78 Å². The summed E-state index contributed by atoms with van der Waals surface area (Å²) in [5.41, 5.74) is 0.340. The fraction of sp³-hybridized carbons (Fsp3) is 0.273. The van der Waals surface area contributed by atoms with Gasteiger partial charge < -0.3 is 5.32 Å². The van der Waals surface area contributed by atoms with Crippen LogP contribution < -0.4 is 5.32 Å². The fourth-order valence-corrected chi connectivity index (χ4v) is 1.22. The largest absolute Gasteiger partial charge is 0.307 e. The molecule has 1 aromatic rings. The summed E-state index contributed by atoms with van der Waals surface area (Å²) in [5, 5.41) is 2.99. The third kappa shape index (κ3) is 2.39. The average molecular weight is 197 g/mol. The Kier molecular flexibility index (Phi) is 3.77. The molecule has 0 amide bonds. The molecule has 0 aliphatic rings. The van der Waals surface area contributed by atoms with Crippen LogP contribution in [0.25, 0.3) is 0 Å². The number of hydrogen-bond donors (Lipinski definition) is 1. The number of nitrogens with one attached hydrogen (secondary N) is 1. The number of rotatable bonds is 4. The van der Waals surface area contributed by atoms with Gasteiger partial charge in [-0.3, -0.25) is 0 Å². The Morgan fingerprint density at radius 3 is 2.86 bits per heavy atom. The van der Waals surface area contributed by atoms with Gasteiger partial charge in [0.1, 0.15) is 0 Å². The molecule has 3 heteroatoms. The standard InChI is InChI=1S/C11H13F2N/c1-3-7-14-8(2)9-5-4-6-10(12)11(9)13/h3-6,8,14H,1,7H2,2H3. The molecule has 0 aliphatic heterocycles. The van der Waals surface area contributed by atoms with Crippen molar-refractivity contribution in [3.05, 3.63) is 48.1 Å². The smallest absolute Gasteiger partial charge is 0.163 e. The summed E-state index contributed by atoms with van der Waals surface area (Å²) in [6.07, 6.45) is 1.67. The molecule has 0 saturated carbocycles. The minimum atomic E-state index is -0.810. The quantitative estimate of drug-likeness (QED) is 0.732. The van der Waals surface area contributed by atoms with Gasteiger partial charge in [-0.15, -0.1) is 6.58 Å². The van der Waals surface area contributed by atoms with Crippen molar-refractivity contribution in [2.45, 2.75) is 13.0 Å². The Bertz CT molecular complexity index is 323. The minimum Gasteiger partial charge on any atom is -0.307 e. The van der Waals surface area contributed by atoms with E-state index in [2.05, 4.69) is 11.9 Å². The number of halogens is 2. The summed E-state index contributed by atoms with van der Waals surface area (Å²) in [4.78, 5) is 0. The molecular weight excluding hydrogens is 184 g/mol. The molecule has 1 N–H and O–H groups in total. The van der Waals surface area contributed by atoms with Crippen LogP contribution in [0.1, 0.15) is 18.5 Å². The van der Waals surface area contributed by atoms with Gasteiger partial charge in [0.2, 0.25) is 0 Å². The van der Waals surface area contributed by atoms with Gasteiger partial charge in [-0.05, 0) is 13.0 Å². The average Bonchev–Trinajstić information content (AvgIpc) is 2.18. The fourth-order valence-electron chi connectivity index (χ4n) is 1.22. The Labute approximate surface area is 82.4 Å². The SMILES string of the molecule is C=CCNC(C)c1cccc(F)c1F. The van der Waals surface area contributed by atoms with E-state index in [0.29, 0.717) is 12.1 Å². The molecular formula is C11H13F2N. The molecule has 1 unspecified atom stereocenters. The monoisotopic (exact) mass is 197 g/mol. The highest BCUT2D eigenvalue weighted by Crippen LogP contribution is 2.18. The van der Waals surface area contributed by atoms with Crippen LogP contribution in [-0.2, 0) is 0 Å². The number of benzene rings is 1. The first kappa shape index (κ1) is 10.9. The summed E-state index contributed by atoms with van der Waals surface area (Å²) in [5.74, 6) is -1.59. The molecule has 0 heterocycles. The molecule has 1 nitrogen and oxygen atoms in total. The van der Waals surface area contributed by atoms with Crippen molar-refractivity contribution in [3.8, 4) is 0 Å². The van der Waals surface area contributed by atoms with E-state index in [1.165, 1.54) is 6.07 Å². The molecule has 0 aromatic heterocycles. The van der Waals surface area contributed by atoms with Crippen LogP contribution in [0.5, 0.6) is 0 Å². The maximum atomic E-state index is 13.2. The first-order chi connectivity index (χ1) is 6.66. The zero-order valence-electron chi connectivity index (χ0n) is 8.06. The zero-order valence-corrected chi connectivity index (χ0v) is 8.06. The Morgan fingerprint density at radius 2 is 2.21 bits per heavy atom. The molecule has 0 spiro atoms. The molecule has 0 bridgehead atoms. The Balaban J connectivity index is 2.83. The van der Waals surface area contributed by atoms with E-state index in [1.54, 1.807) is 19.1 Å². The van der Waals surface area contributed by atoms with Crippen LogP contribution in [0, 0.1) is 11.6 Å². The summed E-state index contributed by atoms with van der Waals surface area (Å²) in [6, 6.07) is 3.96. The van der Waals surface area contributed by atoms with Gasteiger partial charge in [-0.1, -0.05) is 18.2 Å². The Hall–Kier alpha value is -1.22. The molecule has 0 radical (unpaired) electrons. The zero-order chi connectivity index (χ0) is 10.6. The second-order valence-electron chi connectivity index (χ2n) is 3.06. The van der Waals surface area contributed by atoms with E-state index in [4.69, 9.17) is 0 Å². The Morgan fingerprint density at radius 1 is 1.50 bits per heavy atom. The van der Waals surface area contributed by atoms with Crippen LogP contribution in [0.3, 0.4) is 0 Å². The van der Waals surface area contributed by atoms with Crippen molar-refractivity contribution < 1.29 is 8.78 Å². The van der Waals surface area contributed by atoms with Gasteiger partial charge in [0.05, 0.1) is 0 Å². The third-order valence-electron chi connectivity index (χ3n) is 2.02. The van der Waals surface area contributed by atoms with Crippen molar-refractivity contribution in [1.82, 2.24) is 5.32 Å². The summed E-state index contributed by atoms with van der Waals surface area (Å²) in [6.45, 7) is 5.88. The summed E-state index contributed by atoms with van der Waals surface area (Å²) >= 11 is 0. The summed E-state index contributed by atoms with van der Waals surface area (Å²) in [7, 11) is 0. The van der Waals surface area contributed by atoms with Gasteiger partial charge in [-0.2, -0.15) is 0 Å². The van der Waals surface area contributed by atoms with Crippen molar-refractivity contribution in [2.24, 2.45) is 0 Å². The predicted molar refractivity (Wildman–Crippen MR) is 53.0 cm³/mol. The van der Waals surface area contributed by atoms with Crippen LogP contribution in [-0.4, -0.2) is 6.54 Å². The third-order valence-corrected chi connectivity index (χ3v) is 2.02. The van der Waals surface area contributed by atoms with Gasteiger partial charge in [0, 0.05) is 18.2 Å². The van der Waals surface area contributed by atoms with E-state index in [-0.39, 0.29) is 6.04 Å². The molecule has 0 fully saturated rings. The molecule has 14 heavy (non-hydrogen) atoms. The van der Waals surface area contributed by atoms with Crippen LogP contribution in [0.15, 0.2) is 30.9 Å². The lowest BCUT2D eigenvalue weighted by Crippen LogP contribution is -2.19. The van der Waals surface area contributed by atoms with E-state index in [0.717, 1.165) is 6.07 Å². The van der Waals surface area contributed by atoms with Crippen molar-refractivity contribution in [3.63, 3.8) is 0 Å². The number of hydrogen-bond acceptors (Lipinski definition) is 1. The highest BCUT2D eigenvalue weighted by Gasteiger charge is 2.12. The van der Waals surface area contributed by atoms with Gasteiger partial charge in [0.15, 0.2) is 11.6 Å².